The maximum Gasteiger partial charge on any atom is 0.354 e. The van der Waals surface area contributed by atoms with Crippen molar-refractivity contribution >= 4 is 23.8 Å². The first kappa shape index (κ1) is 12.0. The summed E-state index contributed by atoms with van der Waals surface area (Å²) in [4.78, 5) is 22.8. The zero-order valence-electron chi connectivity index (χ0n) is 10.3. The van der Waals surface area contributed by atoms with Crippen LogP contribution in [0.1, 0.15) is 21.9 Å². The number of pyridine rings is 1. The van der Waals surface area contributed by atoms with E-state index in [9.17, 15) is 4.79 Å². The molecule has 3 aromatic heterocycles. The highest BCUT2D eigenvalue weighted by Crippen LogP contribution is 2.10. The van der Waals surface area contributed by atoms with Gasteiger partial charge < -0.3 is 9.51 Å². The Kier molecular flexibility index (Phi) is 2.96. The molecule has 0 aliphatic rings. The molecule has 0 atom stereocenters. The Labute approximate surface area is 114 Å². The molecule has 0 fully saturated rings. The quantitative estimate of drug-likeness (QED) is 0.784. The van der Waals surface area contributed by atoms with Gasteiger partial charge >= 0.3 is 5.97 Å². The Morgan fingerprint density at radius 3 is 2.95 bits per heavy atom. The van der Waals surface area contributed by atoms with Gasteiger partial charge in [0.05, 0.1) is 17.6 Å². The molecule has 1 N–H and O–H groups in total. The van der Waals surface area contributed by atoms with E-state index in [0.29, 0.717) is 5.69 Å². The first-order valence-corrected chi connectivity index (χ1v) is 5.89. The number of aromatic carboxylic acids is 1. The summed E-state index contributed by atoms with van der Waals surface area (Å²) >= 11 is 0. The van der Waals surface area contributed by atoms with Crippen LogP contribution in [0.4, 0.5) is 0 Å². The van der Waals surface area contributed by atoms with Crippen molar-refractivity contribution in [1.29, 1.82) is 0 Å². The van der Waals surface area contributed by atoms with Gasteiger partial charge in [-0.1, -0.05) is 6.07 Å². The molecule has 0 aliphatic heterocycles. The lowest BCUT2D eigenvalue weighted by molar-refractivity contribution is 0.0690. The molecule has 0 aromatic carbocycles. The zero-order chi connectivity index (χ0) is 13.9. The zero-order valence-corrected chi connectivity index (χ0v) is 10.3. The summed E-state index contributed by atoms with van der Waals surface area (Å²) in [5.74, 6) is -1.07. The topological polar surface area (TPSA) is 80.4 Å². The summed E-state index contributed by atoms with van der Waals surface area (Å²) in [6, 6.07) is 7.16. The van der Waals surface area contributed by atoms with Crippen LogP contribution < -0.4 is 0 Å². The minimum absolute atomic E-state index is 0.0298. The van der Waals surface area contributed by atoms with Gasteiger partial charge in [-0.25, -0.2) is 19.7 Å². The number of carbonyl (C=O) groups is 1. The van der Waals surface area contributed by atoms with E-state index in [1.165, 1.54) is 12.4 Å². The molecule has 0 amide bonds. The summed E-state index contributed by atoms with van der Waals surface area (Å²) < 4.78 is 1.93. The van der Waals surface area contributed by atoms with Gasteiger partial charge in [0.2, 0.25) is 0 Å². The maximum absolute atomic E-state index is 10.8. The lowest BCUT2D eigenvalue weighted by Crippen LogP contribution is -2.00. The molecule has 0 aliphatic carbocycles. The Hall–Kier alpha value is -3.02. The average Bonchev–Trinajstić information content (AvgIpc) is 2.89. The molecule has 3 aromatic rings. The highest BCUT2D eigenvalue weighted by atomic mass is 16.4. The molecular weight excluding hydrogens is 256 g/mol. The van der Waals surface area contributed by atoms with Crippen LogP contribution in [-0.2, 0) is 0 Å². The van der Waals surface area contributed by atoms with Crippen molar-refractivity contribution in [3.05, 3.63) is 60.1 Å². The van der Waals surface area contributed by atoms with E-state index in [1.807, 2.05) is 34.9 Å². The number of carboxylic acids is 1. The number of rotatable bonds is 3. The molecule has 0 radical (unpaired) electrons. The second kappa shape index (κ2) is 4.93. The number of fused-ring (bicyclic) bond motifs is 1. The summed E-state index contributed by atoms with van der Waals surface area (Å²) in [5, 5.41) is 8.87. The van der Waals surface area contributed by atoms with Crippen molar-refractivity contribution in [2.24, 2.45) is 0 Å². The molecule has 0 bridgehead atoms. The predicted octanol–water partition coefficient (Wildman–Crippen LogP) is 1.99. The molecule has 6 nitrogen and oxygen atoms in total. The van der Waals surface area contributed by atoms with E-state index in [-0.39, 0.29) is 5.69 Å². The maximum atomic E-state index is 10.8. The van der Waals surface area contributed by atoms with Gasteiger partial charge in [0, 0.05) is 6.20 Å². The van der Waals surface area contributed by atoms with E-state index < -0.39 is 5.97 Å². The van der Waals surface area contributed by atoms with Crippen LogP contribution in [0.25, 0.3) is 17.8 Å². The SMILES string of the molecule is O=C(O)c1cc(C=Cc2cnc3ccccn23)ncn1. The third kappa shape index (κ3) is 2.26. The Balaban J connectivity index is 1.94. The Morgan fingerprint density at radius 2 is 2.10 bits per heavy atom. The molecule has 98 valence electrons. The van der Waals surface area contributed by atoms with Crippen LogP contribution in [0.3, 0.4) is 0 Å². The van der Waals surface area contributed by atoms with Gasteiger partial charge in [-0.2, -0.15) is 0 Å². The second-order valence-electron chi connectivity index (χ2n) is 4.08. The minimum Gasteiger partial charge on any atom is -0.477 e. The Bertz CT molecular complexity index is 808. The van der Waals surface area contributed by atoms with Gasteiger partial charge in [0.1, 0.15) is 12.0 Å². The number of hydrogen-bond donors (Lipinski definition) is 1. The van der Waals surface area contributed by atoms with E-state index in [4.69, 9.17) is 5.11 Å². The van der Waals surface area contributed by atoms with Crippen LogP contribution in [0.2, 0.25) is 0 Å². The lowest BCUT2D eigenvalue weighted by atomic mass is 10.3. The number of hydrogen-bond acceptors (Lipinski definition) is 4. The van der Waals surface area contributed by atoms with Gasteiger partial charge in [-0.15, -0.1) is 0 Å². The highest BCUT2D eigenvalue weighted by Gasteiger charge is 2.04. The van der Waals surface area contributed by atoms with Crippen LogP contribution in [0.5, 0.6) is 0 Å². The first-order valence-electron chi connectivity index (χ1n) is 5.89. The van der Waals surface area contributed by atoms with Crippen LogP contribution in [-0.4, -0.2) is 30.4 Å². The largest absolute Gasteiger partial charge is 0.477 e. The van der Waals surface area contributed by atoms with Gasteiger partial charge in [0.25, 0.3) is 0 Å². The van der Waals surface area contributed by atoms with E-state index in [0.717, 1.165) is 11.3 Å². The molecular formula is C14H10N4O2. The third-order valence-corrected chi connectivity index (χ3v) is 2.78. The van der Waals surface area contributed by atoms with Gasteiger partial charge in [-0.05, 0) is 30.4 Å². The van der Waals surface area contributed by atoms with Crippen LogP contribution >= 0.6 is 0 Å². The summed E-state index contributed by atoms with van der Waals surface area (Å²) in [6.07, 6.45) is 8.44. The molecule has 20 heavy (non-hydrogen) atoms. The summed E-state index contributed by atoms with van der Waals surface area (Å²) in [6.45, 7) is 0. The lowest BCUT2D eigenvalue weighted by Gasteiger charge is -1.96. The van der Waals surface area contributed by atoms with Crippen molar-refractivity contribution in [3.8, 4) is 0 Å². The van der Waals surface area contributed by atoms with Crippen LogP contribution in [0, 0.1) is 0 Å². The molecule has 0 saturated heterocycles. The third-order valence-electron chi connectivity index (χ3n) is 2.78. The van der Waals surface area contributed by atoms with Crippen molar-refractivity contribution < 1.29 is 9.90 Å². The molecule has 0 spiro atoms. The monoisotopic (exact) mass is 266 g/mol. The molecule has 3 rings (SSSR count). The van der Waals surface area contributed by atoms with E-state index >= 15 is 0 Å². The highest BCUT2D eigenvalue weighted by molar-refractivity contribution is 5.86. The minimum atomic E-state index is -1.07. The smallest absolute Gasteiger partial charge is 0.354 e. The summed E-state index contributed by atoms with van der Waals surface area (Å²) in [7, 11) is 0. The van der Waals surface area contributed by atoms with E-state index in [1.54, 1.807) is 12.3 Å². The number of imidazole rings is 1. The molecule has 0 saturated carbocycles. The van der Waals surface area contributed by atoms with Gasteiger partial charge in [-0.3, -0.25) is 0 Å². The fraction of sp³-hybridized carbons (Fsp3) is 0. The molecule has 6 heteroatoms. The molecule has 0 unspecified atom stereocenters. The van der Waals surface area contributed by atoms with Crippen molar-refractivity contribution in [2.75, 3.05) is 0 Å². The normalized spacial score (nSPS) is 11.2. The van der Waals surface area contributed by atoms with Crippen LogP contribution in [0.15, 0.2) is 43.0 Å². The van der Waals surface area contributed by atoms with Crippen molar-refractivity contribution in [3.63, 3.8) is 0 Å². The standard InChI is InChI=1S/C14H10N4O2/c19-14(20)12-7-10(16-9-17-12)4-5-11-8-15-13-3-1-2-6-18(11)13/h1-9H,(H,19,20). The number of carboxylic acid groups (broad SMARTS) is 1. The predicted molar refractivity (Wildman–Crippen MR) is 73.1 cm³/mol. The van der Waals surface area contributed by atoms with E-state index in [2.05, 4.69) is 15.0 Å². The fourth-order valence-electron chi connectivity index (χ4n) is 1.83. The summed E-state index contributed by atoms with van der Waals surface area (Å²) in [5.41, 5.74) is 2.23. The van der Waals surface area contributed by atoms with Gasteiger partial charge in [0.15, 0.2) is 5.69 Å². The number of aromatic nitrogens is 4. The first-order chi connectivity index (χ1) is 9.74. The Morgan fingerprint density at radius 1 is 1.20 bits per heavy atom. The fourth-order valence-corrected chi connectivity index (χ4v) is 1.83. The average molecular weight is 266 g/mol. The molecule has 3 heterocycles. The van der Waals surface area contributed by atoms with Crippen molar-refractivity contribution in [1.82, 2.24) is 19.4 Å². The van der Waals surface area contributed by atoms with Crippen molar-refractivity contribution in [2.45, 2.75) is 0 Å². The number of nitrogens with zero attached hydrogens (tertiary/aromatic N) is 4. The second-order valence-corrected chi connectivity index (χ2v) is 4.08.